The molecule has 90 valence electrons. The lowest BCUT2D eigenvalue weighted by Crippen LogP contribution is -2.15. The predicted molar refractivity (Wildman–Crippen MR) is 58.6 cm³/mol. The first-order valence-electron chi connectivity index (χ1n) is 4.33. The van der Waals surface area contributed by atoms with Gasteiger partial charge in [-0.25, -0.2) is 22.6 Å². The van der Waals surface area contributed by atoms with Crippen LogP contribution < -0.4 is 4.72 Å². The summed E-state index contributed by atoms with van der Waals surface area (Å²) in [4.78, 5) is 3.01. The SMILES string of the molecule is O=S(=O)(Nc1ncn[nH]1)c1cccc(Cl)c1F. The molecular formula is C8H6ClFN4O2S. The lowest BCUT2D eigenvalue weighted by atomic mass is 10.3. The van der Waals surface area contributed by atoms with Gasteiger partial charge in [-0.1, -0.05) is 17.7 Å². The van der Waals surface area contributed by atoms with E-state index in [0.717, 1.165) is 12.4 Å². The summed E-state index contributed by atoms with van der Waals surface area (Å²) in [5.41, 5.74) is 0. The van der Waals surface area contributed by atoms with E-state index in [9.17, 15) is 12.8 Å². The zero-order valence-electron chi connectivity index (χ0n) is 8.18. The number of H-pyrrole nitrogens is 1. The number of hydrogen-bond donors (Lipinski definition) is 2. The highest BCUT2D eigenvalue weighted by Crippen LogP contribution is 2.22. The summed E-state index contributed by atoms with van der Waals surface area (Å²) in [7, 11) is -4.08. The van der Waals surface area contributed by atoms with E-state index in [-0.39, 0.29) is 11.0 Å². The molecule has 0 unspecified atom stereocenters. The molecule has 0 amide bonds. The van der Waals surface area contributed by atoms with Crippen LogP contribution in [0.4, 0.5) is 10.3 Å². The Labute approximate surface area is 101 Å². The highest BCUT2D eigenvalue weighted by atomic mass is 35.5. The molecule has 6 nitrogen and oxygen atoms in total. The molecule has 1 heterocycles. The second-order valence-corrected chi connectivity index (χ2v) is 5.05. The first kappa shape index (κ1) is 11.8. The van der Waals surface area contributed by atoms with E-state index in [1.165, 1.54) is 12.1 Å². The number of hydrogen-bond acceptors (Lipinski definition) is 4. The maximum absolute atomic E-state index is 13.5. The lowest BCUT2D eigenvalue weighted by molar-refractivity contribution is 0.570. The van der Waals surface area contributed by atoms with Crippen LogP contribution in [0, 0.1) is 5.82 Å². The number of anilines is 1. The average Bonchev–Trinajstić information content (AvgIpc) is 2.73. The average molecular weight is 277 g/mol. The zero-order chi connectivity index (χ0) is 12.5. The van der Waals surface area contributed by atoms with Gasteiger partial charge in [-0.3, -0.25) is 0 Å². The molecule has 0 saturated carbocycles. The number of halogens is 2. The molecule has 1 aromatic heterocycles. The van der Waals surface area contributed by atoms with Gasteiger partial charge < -0.3 is 0 Å². The van der Waals surface area contributed by atoms with Crippen molar-refractivity contribution in [3.8, 4) is 0 Å². The summed E-state index contributed by atoms with van der Waals surface area (Å²) in [6, 6.07) is 3.69. The summed E-state index contributed by atoms with van der Waals surface area (Å²) in [5, 5.41) is 5.47. The van der Waals surface area contributed by atoms with Gasteiger partial charge in [-0.15, -0.1) is 0 Å². The van der Waals surface area contributed by atoms with Crippen molar-refractivity contribution in [3.63, 3.8) is 0 Å². The summed E-state index contributed by atoms with van der Waals surface area (Å²) in [6.07, 6.45) is 1.12. The predicted octanol–water partition coefficient (Wildman–Crippen LogP) is 1.40. The molecule has 0 aliphatic heterocycles. The fourth-order valence-electron chi connectivity index (χ4n) is 1.13. The van der Waals surface area contributed by atoms with Crippen LogP contribution in [0.5, 0.6) is 0 Å². The fraction of sp³-hybridized carbons (Fsp3) is 0. The van der Waals surface area contributed by atoms with Crippen LogP contribution in [0.15, 0.2) is 29.4 Å². The second-order valence-electron chi connectivity index (χ2n) is 2.99. The van der Waals surface area contributed by atoms with Gasteiger partial charge in [0.05, 0.1) is 5.02 Å². The van der Waals surface area contributed by atoms with Crippen molar-refractivity contribution >= 4 is 27.6 Å². The maximum atomic E-state index is 13.5. The Balaban J connectivity index is 2.42. The summed E-state index contributed by atoms with van der Waals surface area (Å²) >= 11 is 5.50. The normalized spacial score (nSPS) is 11.4. The molecule has 2 rings (SSSR count). The van der Waals surface area contributed by atoms with E-state index in [4.69, 9.17) is 11.6 Å². The smallest absolute Gasteiger partial charge is 0.247 e. The molecule has 0 fully saturated rings. The van der Waals surface area contributed by atoms with Gasteiger partial charge in [0.25, 0.3) is 10.0 Å². The molecule has 0 spiro atoms. The molecule has 0 atom stereocenters. The molecule has 0 radical (unpaired) electrons. The maximum Gasteiger partial charge on any atom is 0.267 e. The first-order chi connectivity index (χ1) is 8.00. The number of sulfonamides is 1. The monoisotopic (exact) mass is 276 g/mol. The molecule has 0 saturated heterocycles. The van der Waals surface area contributed by atoms with Crippen LogP contribution in [-0.2, 0) is 10.0 Å². The number of nitrogens with zero attached hydrogens (tertiary/aromatic N) is 2. The Hall–Kier alpha value is -1.67. The minimum atomic E-state index is -4.08. The van der Waals surface area contributed by atoms with E-state index < -0.39 is 20.7 Å². The molecule has 0 aliphatic rings. The van der Waals surface area contributed by atoms with Crippen LogP contribution in [0.25, 0.3) is 0 Å². The largest absolute Gasteiger partial charge is 0.267 e. The quantitative estimate of drug-likeness (QED) is 0.887. The van der Waals surface area contributed by atoms with Crippen molar-refractivity contribution in [2.24, 2.45) is 0 Å². The van der Waals surface area contributed by atoms with E-state index in [1.807, 2.05) is 4.72 Å². The minimum absolute atomic E-state index is 0.107. The van der Waals surface area contributed by atoms with Crippen molar-refractivity contribution < 1.29 is 12.8 Å². The molecule has 0 aliphatic carbocycles. The van der Waals surface area contributed by atoms with Crippen LogP contribution in [-0.4, -0.2) is 23.6 Å². The van der Waals surface area contributed by atoms with Gasteiger partial charge in [-0.2, -0.15) is 10.1 Å². The van der Waals surface area contributed by atoms with Crippen molar-refractivity contribution in [1.82, 2.24) is 15.2 Å². The van der Waals surface area contributed by atoms with Crippen molar-refractivity contribution in [2.75, 3.05) is 4.72 Å². The Morgan fingerprint density at radius 1 is 1.41 bits per heavy atom. The molecule has 2 aromatic rings. The zero-order valence-corrected chi connectivity index (χ0v) is 9.76. The summed E-state index contributed by atoms with van der Waals surface area (Å²) in [5.74, 6) is -1.12. The molecule has 1 aromatic carbocycles. The first-order valence-corrected chi connectivity index (χ1v) is 6.19. The summed E-state index contributed by atoms with van der Waals surface area (Å²) < 4.78 is 39.1. The lowest BCUT2D eigenvalue weighted by Gasteiger charge is -2.06. The molecule has 2 N–H and O–H groups in total. The topological polar surface area (TPSA) is 87.7 Å². The number of nitrogens with one attached hydrogen (secondary N) is 2. The number of aromatic amines is 1. The molecule has 17 heavy (non-hydrogen) atoms. The molecule has 0 bridgehead atoms. The van der Waals surface area contributed by atoms with Crippen molar-refractivity contribution in [3.05, 3.63) is 35.4 Å². The van der Waals surface area contributed by atoms with E-state index in [2.05, 4.69) is 15.2 Å². The van der Waals surface area contributed by atoms with E-state index in [0.29, 0.717) is 0 Å². The standard InChI is InChI=1S/C8H6ClFN4O2S/c9-5-2-1-3-6(7(5)10)17(15,16)14-8-11-4-12-13-8/h1-4H,(H2,11,12,13,14). The Bertz CT molecular complexity index is 629. The van der Waals surface area contributed by atoms with E-state index in [1.54, 1.807) is 0 Å². The van der Waals surface area contributed by atoms with Crippen molar-refractivity contribution in [2.45, 2.75) is 4.90 Å². The minimum Gasteiger partial charge on any atom is -0.247 e. The Morgan fingerprint density at radius 2 is 2.18 bits per heavy atom. The van der Waals surface area contributed by atoms with Crippen LogP contribution in [0.3, 0.4) is 0 Å². The fourth-order valence-corrected chi connectivity index (χ4v) is 2.43. The van der Waals surface area contributed by atoms with Crippen LogP contribution >= 0.6 is 11.6 Å². The number of benzene rings is 1. The number of aromatic nitrogens is 3. The third-order valence-electron chi connectivity index (χ3n) is 1.85. The van der Waals surface area contributed by atoms with Crippen LogP contribution in [0.1, 0.15) is 0 Å². The van der Waals surface area contributed by atoms with Gasteiger partial charge in [0, 0.05) is 0 Å². The Kier molecular flexibility index (Phi) is 2.99. The molecule has 9 heteroatoms. The van der Waals surface area contributed by atoms with Gasteiger partial charge in [0.15, 0.2) is 5.82 Å². The van der Waals surface area contributed by atoms with E-state index >= 15 is 0 Å². The highest BCUT2D eigenvalue weighted by Gasteiger charge is 2.21. The third kappa shape index (κ3) is 2.37. The highest BCUT2D eigenvalue weighted by molar-refractivity contribution is 7.92. The third-order valence-corrected chi connectivity index (χ3v) is 3.50. The number of rotatable bonds is 3. The van der Waals surface area contributed by atoms with Crippen LogP contribution in [0.2, 0.25) is 5.02 Å². The molecular weight excluding hydrogens is 271 g/mol. The van der Waals surface area contributed by atoms with Gasteiger partial charge in [-0.05, 0) is 12.1 Å². The van der Waals surface area contributed by atoms with Gasteiger partial charge in [0.1, 0.15) is 11.2 Å². The van der Waals surface area contributed by atoms with Gasteiger partial charge in [0.2, 0.25) is 5.95 Å². The van der Waals surface area contributed by atoms with Crippen molar-refractivity contribution in [1.29, 1.82) is 0 Å². The second kappa shape index (κ2) is 4.30. The summed E-state index contributed by atoms with van der Waals surface area (Å²) in [6.45, 7) is 0. The van der Waals surface area contributed by atoms with Gasteiger partial charge >= 0.3 is 0 Å². The Morgan fingerprint density at radius 3 is 2.82 bits per heavy atom.